The zero-order valence-electron chi connectivity index (χ0n) is 11.7. The van der Waals surface area contributed by atoms with Gasteiger partial charge in [-0.15, -0.1) is 0 Å². The van der Waals surface area contributed by atoms with Crippen molar-refractivity contribution in [1.29, 1.82) is 0 Å². The highest BCUT2D eigenvalue weighted by Crippen LogP contribution is 2.26. The van der Waals surface area contributed by atoms with Crippen LogP contribution in [0.25, 0.3) is 0 Å². The zero-order valence-corrected chi connectivity index (χ0v) is 11.7. The van der Waals surface area contributed by atoms with Crippen molar-refractivity contribution in [2.75, 3.05) is 6.54 Å². The normalized spacial score (nSPS) is 22.6. The summed E-state index contributed by atoms with van der Waals surface area (Å²) >= 11 is 0. The molecule has 1 aliphatic rings. The van der Waals surface area contributed by atoms with Gasteiger partial charge in [0, 0.05) is 0 Å². The Morgan fingerprint density at radius 2 is 1.65 bits per heavy atom. The summed E-state index contributed by atoms with van der Waals surface area (Å²) in [5, 5.41) is 3.60. The van der Waals surface area contributed by atoms with E-state index in [-0.39, 0.29) is 6.10 Å². The molecule has 2 aromatic rings. The van der Waals surface area contributed by atoms with Gasteiger partial charge in [0.1, 0.15) is 0 Å². The van der Waals surface area contributed by atoms with Crippen molar-refractivity contribution in [2.45, 2.75) is 31.6 Å². The molecule has 2 atom stereocenters. The number of piperidine rings is 1. The SMILES string of the molecule is c1ccc(CO[C@H]2CCCN[C@H]2c2ccccc2)cc1. The third kappa shape index (κ3) is 3.27. The van der Waals surface area contributed by atoms with Gasteiger partial charge in [0.15, 0.2) is 0 Å². The number of benzene rings is 2. The molecular formula is C18H21NO. The molecule has 1 saturated heterocycles. The van der Waals surface area contributed by atoms with Crippen molar-refractivity contribution in [3.05, 3.63) is 71.8 Å². The summed E-state index contributed by atoms with van der Waals surface area (Å²) in [5.41, 5.74) is 2.56. The van der Waals surface area contributed by atoms with Gasteiger partial charge < -0.3 is 10.1 Å². The summed E-state index contributed by atoms with van der Waals surface area (Å²) in [5.74, 6) is 0. The Morgan fingerprint density at radius 3 is 2.40 bits per heavy atom. The first-order chi connectivity index (χ1) is 9.93. The smallest absolute Gasteiger partial charge is 0.0774 e. The third-order valence-electron chi connectivity index (χ3n) is 3.87. The van der Waals surface area contributed by atoms with Crippen molar-refractivity contribution in [1.82, 2.24) is 5.32 Å². The van der Waals surface area contributed by atoms with E-state index in [1.807, 2.05) is 6.07 Å². The fraction of sp³-hybridized carbons (Fsp3) is 0.333. The summed E-state index contributed by atoms with van der Waals surface area (Å²) in [6.45, 7) is 1.77. The standard InChI is InChI=1S/C18H21NO/c1-3-8-15(9-4-1)14-20-17-12-7-13-19-18(17)16-10-5-2-6-11-16/h1-6,8-11,17-19H,7,12-14H2/t17-,18-/m0/s1. The van der Waals surface area contributed by atoms with Crippen LogP contribution in [-0.4, -0.2) is 12.6 Å². The van der Waals surface area contributed by atoms with Crippen molar-refractivity contribution in [2.24, 2.45) is 0 Å². The largest absolute Gasteiger partial charge is 0.372 e. The molecule has 1 heterocycles. The summed E-state index contributed by atoms with van der Waals surface area (Å²) in [6, 6.07) is 21.3. The van der Waals surface area contributed by atoms with Crippen LogP contribution < -0.4 is 5.32 Å². The minimum Gasteiger partial charge on any atom is -0.372 e. The number of hydrogen-bond acceptors (Lipinski definition) is 2. The van der Waals surface area contributed by atoms with Crippen LogP contribution in [0.1, 0.15) is 30.0 Å². The average molecular weight is 267 g/mol. The molecule has 1 fully saturated rings. The van der Waals surface area contributed by atoms with E-state index in [9.17, 15) is 0 Å². The highest BCUT2D eigenvalue weighted by molar-refractivity contribution is 5.21. The van der Waals surface area contributed by atoms with Gasteiger partial charge in [-0.1, -0.05) is 60.7 Å². The molecule has 2 heteroatoms. The Kier molecular flexibility index (Phi) is 4.46. The minimum atomic E-state index is 0.256. The lowest BCUT2D eigenvalue weighted by Gasteiger charge is -2.33. The number of ether oxygens (including phenoxy) is 1. The van der Waals surface area contributed by atoms with Gasteiger partial charge in [-0.25, -0.2) is 0 Å². The van der Waals surface area contributed by atoms with E-state index in [1.165, 1.54) is 17.5 Å². The van der Waals surface area contributed by atoms with E-state index in [0.29, 0.717) is 12.6 Å². The van der Waals surface area contributed by atoms with Crippen molar-refractivity contribution in [3.63, 3.8) is 0 Å². The Bertz CT molecular complexity index is 511. The van der Waals surface area contributed by atoms with Crippen molar-refractivity contribution in [3.8, 4) is 0 Å². The van der Waals surface area contributed by atoms with Gasteiger partial charge in [0.2, 0.25) is 0 Å². The first-order valence-electron chi connectivity index (χ1n) is 7.37. The quantitative estimate of drug-likeness (QED) is 0.912. The average Bonchev–Trinajstić information content (AvgIpc) is 2.55. The summed E-state index contributed by atoms with van der Waals surface area (Å²) < 4.78 is 6.17. The second-order valence-electron chi connectivity index (χ2n) is 5.32. The van der Waals surface area contributed by atoms with E-state index < -0.39 is 0 Å². The first-order valence-corrected chi connectivity index (χ1v) is 7.37. The molecule has 20 heavy (non-hydrogen) atoms. The van der Waals surface area contributed by atoms with Crippen LogP contribution in [0.5, 0.6) is 0 Å². The van der Waals surface area contributed by atoms with Gasteiger partial charge in [-0.3, -0.25) is 0 Å². The molecule has 0 radical (unpaired) electrons. The lowest BCUT2D eigenvalue weighted by Crippen LogP contribution is -2.39. The molecule has 0 bridgehead atoms. The van der Waals surface area contributed by atoms with Crippen LogP contribution >= 0.6 is 0 Å². The molecule has 1 N–H and O–H groups in total. The van der Waals surface area contributed by atoms with Crippen LogP contribution in [0.15, 0.2) is 60.7 Å². The Labute approximate surface area is 120 Å². The molecule has 0 aromatic heterocycles. The molecule has 0 amide bonds. The van der Waals surface area contributed by atoms with Gasteiger partial charge in [0.25, 0.3) is 0 Å². The maximum absolute atomic E-state index is 6.17. The molecule has 1 aliphatic heterocycles. The van der Waals surface area contributed by atoms with Crippen LogP contribution in [0, 0.1) is 0 Å². The molecule has 0 saturated carbocycles. The third-order valence-corrected chi connectivity index (χ3v) is 3.87. The van der Waals surface area contributed by atoms with Crippen molar-refractivity contribution >= 4 is 0 Å². The minimum absolute atomic E-state index is 0.256. The summed E-state index contributed by atoms with van der Waals surface area (Å²) in [7, 11) is 0. The predicted molar refractivity (Wildman–Crippen MR) is 81.4 cm³/mol. The molecule has 0 unspecified atom stereocenters. The zero-order chi connectivity index (χ0) is 13.6. The van der Waals surface area contributed by atoms with Crippen molar-refractivity contribution < 1.29 is 4.74 Å². The van der Waals surface area contributed by atoms with E-state index in [4.69, 9.17) is 4.74 Å². The molecule has 3 rings (SSSR count). The molecule has 0 spiro atoms. The second kappa shape index (κ2) is 6.69. The van der Waals surface area contributed by atoms with Crippen LogP contribution in [0.3, 0.4) is 0 Å². The van der Waals surface area contributed by atoms with Crippen LogP contribution in [0.4, 0.5) is 0 Å². The fourth-order valence-corrected chi connectivity index (χ4v) is 2.81. The van der Waals surface area contributed by atoms with Crippen LogP contribution in [-0.2, 0) is 11.3 Å². The van der Waals surface area contributed by atoms with Gasteiger partial charge in [-0.05, 0) is 30.5 Å². The number of hydrogen-bond donors (Lipinski definition) is 1. The molecule has 104 valence electrons. The number of rotatable bonds is 4. The molecule has 0 aliphatic carbocycles. The topological polar surface area (TPSA) is 21.3 Å². The fourth-order valence-electron chi connectivity index (χ4n) is 2.81. The van der Waals surface area contributed by atoms with E-state index in [2.05, 4.69) is 59.9 Å². The molecule has 2 aromatic carbocycles. The lowest BCUT2D eigenvalue weighted by molar-refractivity contribution is -0.00356. The summed E-state index contributed by atoms with van der Waals surface area (Å²) in [6.07, 6.45) is 2.56. The summed E-state index contributed by atoms with van der Waals surface area (Å²) in [4.78, 5) is 0. The first kappa shape index (κ1) is 13.3. The Hall–Kier alpha value is -1.64. The highest BCUT2D eigenvalue weighted by Gasteiger charge is 2.26. The van der Waals surface area contributed by atoms with E-state index >= 15 is 0 Å². The second-order valence-corrected chi connectivity index (χ2v) is 5.32. The Morgan fingerprint density at radius 1 is 0.950 bits per heavy atom. The maximum Gasteiger partial charge on any atom is 0.0774 e. The number of nitrogens with one attached hydrogen (secondary N) is 1. The van der Waals surface area contributed by atoms with Gasteiger partial charge in [0.05, 0.1) is 18.8 Å². The van der Waals surface area contributed by atoms with Gasteiger partial charge in [-0.2, -0.15) is 0 Å². The predicted octanol–water partition coefficient (Wildman–Crippen LogP) is 3.70. The van der Waals surface area contributed by atoms with Gasteiger partial charge >= 0.3 is 0 Å². The maximum atomic E-state index is 6.17. The monoisotopic (exact) mass is 267 g/mol. The Balaban J connectivity index is 1.67. The molecule has 2 nitrogen and oxygen atoms in total. The van der Waals surface area contributed by atoms with E-state index in [0.717, 1.165) is 13.0 Å². The molecular weight excluding hydrogens is 246 g/mol. The highest BCUT2D eigenvalue weighted by atomic mass is 16.5. The lowest BCUT2D eigenvalue weighted by atomic mass is 9.94. The van der Waals surface area contributed by atoms with E-state index in [1.54, 1.807) is 0 Å². The van der Waals surface area contributed by atoms with Crippen LogP contribution in [0.2, 0.25) is 0 Å².